The zero-order valence-electron chi connectivity index (χ0n) is 11.6. The number of methoxy groups -OCH3 is 1. The minimum Gasteiger partial charge on any atom is -0.497 e. The lowest BCUT2D eigenvalue weighted by Crippen LogP contribution is -2.01. The quantitative estimate of drug-likeness (QED) is 0.930. The lowest BCUT2D eigenvalue weighted by atomic mass is 10.1. The predicted octanol–water partition coefficient (Wildman–Crippen LogP) is 3.37. The van der Waals surface area contributed by atoms with Gasteiger partial charge >= 0.3 is 5.97 Å². The zero-order chi connectivity index (χ0) is 15.4. The summed E-state index contributed by atoms with van der Waals surface area (Å²) in [5, 5.41) is 18.3. The summed E-state index contributed by atoms with van der Waals surface area (Å²) in [5.41, 5.74) is 1.22. The largest absolute Gasteiger partial charge is 0.497 e. The van der Waals surface area contributed by atoms with Crippen molar-refractivity contribution in [3.8, 4) is 23.3 Å². The van der Waals surface area contributed by atoms with Crippen molar-refractivity contribution in [2.45, 2.75) is 6.92 Å². The summed E-state index contributed by atoms with van der Waals surface area (Å²) < 4.78 is 10.6. The first-order valence-corrected chi connectivity index (χ1v) is 6.15. The van der Waals surface area contributed by atoms with Crippen LogP contribution in [0.4, 0.5) is 0 Å². The van der Waals surface area contributed by atoms with Gasteiger partial charge in [-0.2, -0.15) is 5.26 Å². The summed E-state index contributed by atoms with van der Waals surface area (Å²) in [6.07, 6.45) is 0. The Balaban J connectivity index is 2.47. The molecule has 106 valence electrons. The van der Waals surface area contributed by atoms with Crippen molar-refractivity contribution in [1.29, 1.82) is 5.26 Å². The first-order valence-electron chi connectivity index (χ1n) is 6.15. The van der Waals surface area contributed by atoms with Gasteiger partial charge in [-0.25, -0.2) is 4.79 Å². The standard InChI is InChI=1S/C16H13NO4/c1-10-3-4-11(9-17)15(7-10)21-14-6-5-12(20-2)8-13(14)16(18)19/h3-8H,1-2H3,(H,18,19). The van der Waals surface area contributed by atoms with Crippen LogP contribution in [0, 0.1) is 18.3 Å². The molecule has 2 aromatic carbocycles. The predicted molar refractivity (Wildman–Crippen MR) is 75.9 cm³/mol. The number of hydrogen-bond donors (Lipinski definition) is 1. The number of nitriles is 1. The van der Waals surface area contributed by atoms with Crippen molar-refractivity contribution in [2.75, 3.05) is 7.11 Å². The molecule has 0 heterocycles. The lowest BCUT2D eigenvalue weighted by Gasteiger charge is -2.11. The monoisotopic (exact) mass is 283 g/mol. The fourth-order valence-electron chi connectivity index (χ4n) is 1.82. The molecule has 0 spiro atoms. The summed E-state index contributed by atoms with van der Waals surface area (Å²) in [6, 6.07) is 11.6. The fourth-order valence-corrected chi connectivity index (χ4v) is 1.82. The first kappa shape index (κ1) is 14.4. The molecule has 21 heavy (non-hydrogen) atoms. The van der Waals surface area contributed by atoms with Crippen molar-refractivity contribution < 1.29 is 19.4 Å². The maximum absolute atomic E-state index is 11.3. The molecule has 0 aromatic heterocycles. The Morgan fingerprint density at radius 3 is 2.57 bits per heavy atom. The van der Waals surface area contributed by atoms with Crippen LogP contribution in [-0.4, -0.2) is 18.2 Å². The van der Waals surface area contributed by atoms with Crippen LogP contribution in [0.5, 0.6) is 17.2 Å². The summed E-state index contributed by atoms with van der Waals surface area (Å²) in [4.78, 5) is 11.3. The number of aromatic carboxylic acids is 1. The lowest BCUT2D eigenvalue weighted by molar-refractivity contribution is 0.0693. The van der Waals surface area contributed by atoms with E-state index in [1.165, 1.54) is 19.2 Å². The highest BCUT2D eigenvalue weighted by atomic mass is 16.5. The van der Waals surface area contributed by atoms with Gasteiger partial charge in [0.15, 0.2) is 0 Å². The number of carbonyl (C=O) groups is 1. The van der Waals surface area contributed by atoms with Crippen LogP contribution < -0.4 is 9.47 Å². The number of ether oxygens (including phenoxy) is 2. The summed E-state index contributed by atoms with van der Waals surface area (Å²) in [5.74, 6) is -0.227. The molecule has 0 saturated heterocycles. The van der Waals surface area contributed by atoms with E-state index in [1.54, 1.807) is 24.3 Å². The number of aryl methyl sites for hydroxylation is 1. The van der Waals surface area contributed by atoms with Gasteiger partial charge in [0, 0.05) is 0 Å². The third-order valence-electron chi connectivity index (χ3n) is 2.89. The van der Waals surface area contributed by atoms with E-state index in [-0.39, 0.29) is 11.3 Å². The molecule has 0 bridgehead atoms. The average molecular weight is 283 g/mol. The van der Waals surface area contributed by atoms with Gasteiger partial charge in [0.2, 0.25) is 0 Å². The van der Waals surface area contributed by atoms with E-state index in [0.29, 0.717) is 17.1 Å². The van der Waals surface area contributed by atoms with Crippen molar-refractivity contribution in [3.05, 3.63) is 53.1 Å². The number of nitrogens with zero attached hydrogens (tertiary/aromatic N) is 1. The van der Waals surface area contributed by atoms with E-state index in [9.17, 15) is 9.90 Å². The highest BCUT2D eigenvalue weighted by Gasteiger charge is 2.15. The highest BCUT2D eigenvalue weighted by Crippen LogP contribution is 2.31. The molecule has 2 rings (SSSR count). The molecule has 0 saturated carbocycles. The van der Waals surface area contributed by atoms with Gasteiger partial charge < -0.3 is 14.6 Å². The van der Waals surface area contributed by atoms with Gasteiger partial charge in [-0.1, -0.05) is 6.07 Å². The zero-order valence-corrected chi connectivity index (χ0v) is 11.6. The molecule has 1 N–H and O–H groups in total. The maximum Gasteiger partial charge on any atom is 0.339 e. The van der Waals surface area contributed by atoms with Crippen LogP contribution >= 0.6 is 0 Å². The van der Waals surface area contributed by atoms with E-state index in [2.05, 4.69) is 0 Å². The second kappa shape index (κ2) is 5.97. The molecule has 0 unspecified atom stereocenters. The molecule has 0 amide bonds. The maximum atomic E-state index is 11.3. The minimum absolute atomic E-state index is 0.0280. The molecule has 0 fully saturated rings. The molecule has 0 radical (unpaired) electrons. The van der Waals surface area contributed by atoms with Gasteiger partial charge in [0.1, 0.15) is 28.9 Å². The molecule has 5 heteroatoms. The Bertz CT molecular complexity index is 732. The Labute approximate surface area is 122 Å². The molecule has 5 nitrogen and oxygen atoms in total. The van der Waals surface area contributed by atoms with Gasteiger partial charge in [-0.05, 0) is 42.8 Å². The molecular formula is C16H13NO4. The van der Waals surface area contributed by atoms with Gasteiger partial charge in [0.25, 0.3) is 0 Å². The van der Waals surface area contributed by atoms with E-state index in [4.69, 9.17) is 14.7 Å². The Morgan fingerprint density at radius 1 is 1.19 bits per heavy atom. The van der Waals surface area contributed by atoms with Crippen molar-refractivity contribution >= 4 is 5.97 Å². The van der Waals surface area contributed by atoms with Crippen LogP contribution in [0.3, 0.4) is 0 Å². The van der Waals surface area contributed by atoms with Crippen molar-refractivity contribution in [2.24, 2.45) is 0 Å². The number of rotatable bonds is 4. The Hall–Kier alpha value is -3.00. The normalized spacial score (nSPS) is 9.76. The number of carboxylic acid groups (broad SMARTS) is 1. The summed E-state index contributed by atoms with van der Waals surface area (Å²) >= 11 is 0. The van der Waals surface area contributed by atoms with Gasteiger partial charge in [-0.15, -0.1) is 0 Å². The molecular weight excluding hydrogens is 270 g/mol. The smallest absolute Gasteiger partial charge is 0.339 e. The van der Waals surface area contributed by atoms with E-state index >= 15 is 0 Å². The SMILES string of the molecule is COc1ccc(Oc2cc(C)ccc2C#N)c(C(=O)O)c1. The van der Waals surface area contributed by atoms with Crippen LogP contribution in [0.2, 0.25) is 0 Å². The second-order valence-electron chi connectivity index (χ2n) is 4.38. The Morgan fingerprint density at radius 2 is 1.95 bits per heavy atom. The number of benzene rings is 2. The molecule has 0 aliphatic carbocycles. The third-order valence-corrected chi connectivity index (χ3v) is 2.89. The van der Waals surface area contributed by atoms with Crippen LogP contribution in [0.25, 0.3) is 0 Å². The summed E-state index contributed by atoms with van der Waals surface area (Å²) in [6.45, 7) is 1.86. The average Bonchev–Trinajstić information content (AvgIpc) is 2.47. The third kappa shape index (κ3) is 3.12. The molecule has 0 aliphatic rings. The molecule has 2 aromatic rings. The molecule has 0 atom stereocenters. The highest BCUT2D eigenvalue weighted by molar-refractivity contribution is 5.91. The topological polar surface area (TPSA) is 79.5 Å². The number of hydrogen-bond acceptors (Lipinski definition) is 4. The minimum atomic E-state index is -1.13. The van der Waals surface area contributed by atoms with Crippen LogP contribution in [0.1, 0.15) is 21.5 Å². The Kier molecular flexibility index (Phi) is 4.10. The van der Waals surface area contributed by atoms with Crippen molar-refractivity contribution in [1.82, 2.24) is 0 Å². The van der Waals surface area contributed by atoms with Crippen LogP contribution in [-0.2, 0) is 0 Å². The first-order chi connectivity index (χ1) is 10.0. The van der Waals surface area contributed by atoms with E-state index in [1.807, 2.05) is 13.0 Å². The van der Waals surface area contributed by atoms with Gasteiger partial charge in [0.05, 0.1) is 12.7 Å². The second-order valence-corrected chi connectivity index (χ2v) is 4.38. The number of carboxylic acids is 1. The van der Waals surface area contributed by atoms with Crippen LogP contribution in [0.15, 0.2) is 36.4 Å². The van der Waals surface area contributed by atoms with E-state index < -0.39 is 5.97 Å². The van der Waals surface area contributed by atoms with E-state index in [0.717, 1.165) is 5.56 Å². The fraction of sp³-hybridized carbons (Fsp3) is 0.125. The van der Waals surface area contributed by atoms with Gasteiger partial charge in [-0.3, -0.25) is 0 Å². The molecule has 0 aliphatic heterocycles. The van der Waals surface area contributed by atoms with Crippen molar-refractivity contribution in [3.63, 3.8) is 0 Å². The summed E-state index contributed by atoms with van der Waals surface area (Å²) in [7, 11) is 1.45.